The molecular weight excluding hydrogens is 763 g/mol. The van der Waals surface area contributed by atoms with Gasteiger partial charge in [-0.2, -0.15) is 10.4 Å². The number of hydrogen-bond donors (Lipinski definition) is 2. The van der Waals surface area contributed by atoms with Crippen molar-refractivity contribution >= 4 is 57.5 Å². The highest BCUT2D eigenvalue weighted by atomic mass is 32.2. The molecule has 0 bridgehead atoms. The molecule has 9 rings (SSSR count). The monoisotopic (exact) mass is 806 g/mol. The Morgan fingerprint density at radius 2 is 1.84 bits per heavy atom. The van der Waals surface area contributed by atoms with Crippen LogP contribution in [0.5, 0.6) is 11.5 Å². The van der Waals surface area contributed by atoms with Gasteiger partial charge in [0.25, 0.3) is 0 Å². The van der Waals surface area contributed by atoms with Gasteiger partial charge < -0.3 is 9.46 Å². The van der Waals surface area contributed by atoms with Crippen LogP contribution in [0, 0.1) is 28.4 Å². The minimum atomic E-state index is -0.628. The number of halogens is 2. The van der Waals surface area contributed by atoms with E-state index in [0.717, 1.165) is 69.4 Å². The second-order valence-corrected chi connectivity index (χ2v) is 17.2. The van der Waals surface area contributed by atoms with Crippen molar-refractivity contribution in [2.24, 2.45) is 12.5 Å². The van der Waals surface area contributed by atoms with Crippen molar-refractivity contribution in [3.05, 3.63) is 77.1 Å². The Hall–Kier alpha value is -5.37. The number of carbonyl (C=O) groups is 2. The van der Waals surface area contributed by atoms with E-state index in [4.69, 9.17) is 9.72 Å². The van der Waals surface area contributed by atoms with Gasteiger partial charge in [0.05, 0.1) is 27.9 Å². The number of hydrogen-bond acceptors (Lipinski definition) is 11. The van der Waals surface area contributed by atoms with Gasteiger partial charge >= 0.3 is 6.03 Å². The number of urea groups is 1. The Morgan fingerprint density at radius 1 is 1.05 bits per heavy atom. The number of nitrogens with one attached hydrogen (secondary N) is 2. The molecule has 1 spiro atoms. The summed E-state index contributed by atoms with van der Waals surface area (Å²) in [7, 11) is 3.71. The quantitative estimate of drug-likeness (QED) is 0.134. The lowest BCUT2D eigenvalue weighted by molar-refractivity contribution is -0.120. The van der Waals surface area contributed by atoms with Gasteiger partial charge in [0.15, 0.2) is 17.4 Å². The molecule has 2 N–H and O–H groups in total. The smallest absolute Gasteiger partial charge is 0.329 e. The number of rotatable bonds is 10. The van der Waals surface area contributed by atoms with Crippen molar-refractivity contribution in [3.63, 3.8) is 0 Å². The summed E-state index contributed by atoms with van der Waals surface area (Å²) < 4.78 is 43.5. The lowest BCUT2D eigenvalue weighted by Crippen LogP contribution is -2.64. The van der Waals surface area contributed by atoms with Gasteiger partial charge in [0.1, 0.15) is 23.2 Å². The van der Waals surface area contributed by atoms with Gasteiger partial charge in [-0.25, -0.2) is 22.9 Å². The molecule has 2 saturated heterocycles. The first kappa shape index (κ1) is 38.2. The Morgan fingerprint density at radius 3 is 2.59 bits per heavy atom. The Kier molecular flexibility index (Phi) is 9.93. The average Bonchev–Trinajstić information content (AvgIpc) is 3.50. The number of amides is 3. The third kappa shape index (κ3) is 6.98. The number of carbonyl (C=O) groups excluding carboxylic acids is 2. The molecule has 16 heteroatoms. The van der Waals surface area contributed by atoms with Crippen molar-refractivity contribution in [2.45, 2.75) is 69.7 Å². The van der Waals surface area contributed by atoms with E-state index in [9.17, 15) is 14.9 Å². The van der Waals surface area contributed by atoms with Gasteiger partial charge in [0, 0.05) is 81.4 Å². The second-order valence-electron chi connectivity index (χ2n) is 16.2. The topological polar surface area (TPSA) is 145 Å². The first-order valence-corrected chi connectivity index (χ1v) is 20.6. The maximum atomic E-state index is 15.7. The van der Waals surface area contributed by atoms with Crippen LogP contribution in [-0.4, -0.2) is 80.2 Å². The van der Waals surface area contributed by atoms with Crippen molar-refractivity contribution in [1.82, 2.24) is 34.3 Å². The van der Waals surface area contributed by atoms with Crippen LogP contribution >= 0.6 is 12.1 Å². The van der Waals surface area contributed by atoms with Crippen LogP contribution in [0.4, 0.5) is 25.1 Å². The zero-order valence-corrected chi connectivity index (χ0v) is 33.4. The molecular formula is C42H44F2N10O3S. The largest absolute Gasteiger partial charge is 0.453 e. The standard InChI is InChI=1S/C42H44F2N10O3S/c1-4-51(2)58-50-33-12-10-31(43)39(30(33)20-45)57-27-9-11-34-35(15-27)47-36(21-46-34)25-18-42(19-25)22-53(23-42)26-7-5-24(6-8-26)28-17-37-29(16-32(28)44)40(49-52(37)3)54-14-13-38(55)48-41(54)56/h9-12,15-17,21,24-26,50H,4-8,13-14,18-19,22-23H2,1-3H3,(H,48,55,56). The number of nitriles is 1. The predicted octanol–water partition coefficient (Wildman–Crippen LogP) is 7.74. The van der Waals surface area contributed by atoms with Crippen LogP contribution in [0.2, 0.25) is 0 Å². The maximum Gasteiger partial charge on any atom is 0.329 e. The van der Waals surface area contributed by atoms with Crippen LogP contribution in [0.15, 0.2) is 48.7 Å². The zero-order valence-electron chi connectivity index (χ0n) is 32.6. The fourth-order valence-electron chi connectivity index (χ4n) is 9.26. The number of imide groups is 1. The minimum Gasteiger partial charge on any atom is -0.453 e. The minimum absolute atomic E-state index is 0.0814. The number of aryl methyl sites for hydroxylation is 1. The molecule has 0 radical (unpaired) electrons. The first-order chi connectivity index (χ1) is 28.0. The van der Waals surface area contributed by atoms with E-state index >= 15 is 8.78 Å². The molecule has 2 aliphatic carbocycles. The van der Waals surface area contributed by atoms with Crippen LogP contribution in [0.25, 0.3) is 21.9 Å². The van der Waals surface area contributed by atoms with Gasteiger partial charge in [-0.15, -0.1) is 0 Å². The van der Waals surface area contributed by atoms with Crippen LogP contribution in [0.1, 0.15) is 80.5 Å². The van der Waals surface area contributed by atoms with Gasteiger partial charge in [-0.05, 0) is 98.9 Å². The molecule has 2 aliphatic heterocycles. The zero-order chi connectivity index (χ0) is 40.3. The summed E-state index contributed by atoms with van der Waals surface area (Å²) in [5, 5.41) is 17.3. The molecule has 2 aromatic heterocycles. The summed E-state index contributed by atoms with van der Waals surface area (Å²) in [4.78, 5) is 37.8. The maximum absolute atomic E-state index is 15.7. The van der Waals surface area contributed by atoms with Crippen molar-refractivity contribution in [3.8, 4) is 17.6 Å². The Bertz CT molecular complexity index is 2490. The molecule has 58 heavy (non-hydrogen) atoms. The lowest BCUT2D eigenvalue weighted by atomic mass is 9.56. The van der Waals surface area contributed by atoms with E-state index < -0.39 is 11.8 Å². The fourth-order valence-corrected chi connectivity index (χ4v) is 9.81. The summed E-state index contributed by atoms with van der Waals surface area (Å²) in [6, 6.07) is 13.5. The van der Waals surface area contributed by atoms with E-state index in [1.807, 2.05) is 30.5 Å². The summed E-state index contributed by atoms with van der Waals surface area (Å²) in [6.07, 6.45) is 7.96. The van der Waals surface area contributed by atoms with Crippen LogP contribution < -0.4 is 19.7 Å². The number of likely N-dealkylation sites (tertiary alicyclic amines) is 1. The van der Waals surface area contributed by atoms with E-state index in [2.05, 4.69) is 31.1 Å². The molecule has 4 heterocycles. The number of nitrogens with zero attached hydrogens (tertiary/aromatic N) is 8. The summed E-state index contributed by atoms with van der Waals surface area (Å²) >= 11 is 1.31. The molecule has 3 amide bonds. The summed E-state index contributed by atoms with van der Waals surface area (Å²) in [5.41, 5.74) is 4.60. The van der Waals surface area contributed by atoms with E-state index in [-0.39, 0.29) is 47.3 Å². The highest BCUT2D eigenvalue weighted by Crippen LogP contribution is 2.57. The van der Waals surface area contributed by atoms with Gasteiger partial charge in [-0.3, -0.25) is 29.6 Å². The number of anilines is 2. The SMILES string of the molecule is CCN(C)SNc1ccc(F)c(Oc2ccc3ncc(C4CC5(C4)CN(C4CCC(c6cc7c(cc6F)c(N6CCC(=O)NC6=O)nn7C)CC4)C5)nc3c2)c1C#N. The average molecular weight is 807 g/mol. The van der Waals surface area contributed by atoms with Crippen molar-refractivity contribution in [1.29, 1.82) is 5.26 Å². The third-order valence-corrected chi connectivity index (χ3v) is 13.4. The normalized spacial score (nSPS) is 20.9. The third-order valence-electron chi connectivity index (χ3n) is 12.5. The Labute approximate surface area is 339 Å². The molecule has 0 atom stereocenters. The molecule has 300 valence electrons. The summed E-state index contributed by atoms with van der Waals surface area (Å²) in [5.74, 6) is -0.218. The molecule has 4 fully saturated rings. The Balaban J connectivity index is 0.804. The second kappa shape index (κ2) is 15.1. The first-order valence-electron chi connectivity index (χ1n) is 19.8. The van der Waals surface area contributed by atoms with E-state index in [1.165, 1.54) is 35.2 Å². The molecule has 3 aromatic carbocycles. The highest BCUT2D eigenvalue weighted by Gasteiger charge is 2.54. The highest BCUT2D eigenvalue weighted by molar-refractivity contribution is 7.98. The number of benzene rings is 3. The van der Waals surface area contributed by atoms with Crippen LogP contribution in [0.3, 0.4) is 0 Å². The van der Waals surface area contributed by atoms with Crippen molar-refractivity contribution < 1.29 is 23.1 Å². The lowest BCUT2D eigenvalue weighted by Gasteiger charge is -2.61. The van der Waals surface area contributed by atoms with Gasteiger partial charge in [0.2, 0.25) is 5.91 Å². The number of fused-ring (bicyclic) bond motifs is 2. The fraction of sp³-hybridized carbons (Fsp3) is 0.429. The van der Waals surface area contributed by atoms with E-state index in [0.29, 0.717) is 51.2 Å². The number of ether oxygens (including phenoxy) is 1. The number of aromatic nitrogens is 4. The van der Waals surface area contributed by atoms with E-state index in [1.54, 1.807) is 29.9 Å². The molecule has 0 unspecified atom stereocenters. The molecule has 2 saturated carbocycles. The molecule has 13 nitrogen and oxygen atoms in total. The summed E-state index contributed by atoms with van der Waals surface area (Å²) in [6.45, 7) is 5.11. The van der Waals surface area contributed by atoms with Gasteiger partial charge in [-0.1, -0.05) is 6.92 Å². The van der Waals surface area contributed by atoms with Crippen molar-refractivity contribution in [2.75, 3.05) is 42.8 Å². The van der Waals surface area contributed by atoms with Crippen LogP contribution in [-0.2, 0) is 11.8 Å². The molecule has 5 aromatic rings. The molecule has 4 aliphatic rings. The predicted molar refractivity (Wildman–Crippen MR) is 217 cm³/mol.